The highest BCUT2D eigenvalue weighted by Gasteiger charge is 2.12. The summed E-state index contributed by atoms with van der Waals surface area (Å²) in [5.41, 5.74) is 6.34. The van der Waals surface area contributed by atoms with E-state index in [-0.39, 0.29) is 0 Å². The van der Waals surface area contributed by atoms with Crippen LogP contribution in [0.15, 0.2) is 11.1 Å². The first-order valence-electron chi connectivity index (χ1n) is 3.70. The molecular weight excluding hydrogens is 208 g/mol. The maximum Gasteiger partial charge on any atom is 0.154 e. The van der Waals surface area contributed by atoms with Gasteiger partial charge in [0.2, 0.25) is 0 Å². The van der Waals surface area contributed by atoms with Crippen molar-refractivity contribution in [3.8, 4) is 5.75 Å². The summed E-state index contributed by atoms with van der Waals surface area (Å²) in [5, 5.41) is 0.518. The smallest absolute Gasteiger partial charge is 0.154 e. The van der Waals surface area contributed by atoms with Crippen molar-refractivity contribution < 1.29 is 4.74 Å². The van der Waals surface area contributed by atoms with Crippen molar-refractivity contribution in [2.24, 2.45) is 5.73 Å². The normalized spacial score (nSPS) is 10.2. The molecule has 0 aliphatic carbocycles. The summed E-state index contributed by atoms with van der Waals surface area (Å²) in [6.07, 6.45) is 3.50. The molecule has 0 atom stereocenters. The first-order valence-corrected chi connectivity index (χ1v) is 5.30. The minimum Gasteiger partial charge on any atom is -0.494 e. The van der Waals surface area contributed by atoms with Gasteiger partial charge in [-0.15, -0.1) is 11.8 Å². The Morgan fingerprint density at radius 3 is 2.85 bits per heavy atom. The van der Waals surface area contributed by atoms with Gasteiger partial charge in [-0.1, -0.05) is 11.6 Å². The fourth-order valence-electron chi connectivity index (χ4n) is 1.04. The van der Waals surface area contributed by atoms with Crippen molar-refractivity contribution >= 4 is 23.4 Å². The highest BCUT2D eigenvalue weighted by molar-refractivity contribution is 7.98. The molecule has 0 radical (unpaired) electrons. The summed E-state index contributed by atoms with van der Waals surface area (Å²) < 4.78 is 5.16. The Kier molecular flexibility index (Phi) is 3.84. The topological polar surface area (TPSA) is 48.1 Å². The average Bonchev–Trinajstić information content (AvgIpc) is 2.17. The summed E-state index contributed by atoms with van der Waals surface area (Å²) in [5.74, 6) is 0.657. The van der Waals surface area contributed by atoms with Crippen molar-refractivity contribution in [1.82, 2.24) is 4.98 Å². The van der Waals surface area contributed by atoms with Gasteiger partial charge in [0, 0.05) is 12.7 Å². The quantitative estimate of drug-likeness (QED) is 0.788. The first-order chi connectivity index (χ1) is 6.24. The molecule has 0 bridgehead atoms. The molecule has 0 aliphatic rings. The Hall–Kier alpha value is -0.450. The molecule has 1 aromatic rings. The van der Waals surface area contributed by atoms with Crippen LogP contribution in [0.2, 0.25) is 5.02 Å². The molecule has 0 saturated heterocycles. The van der Waals surface area contributed by atoms with E-state index in [2.05, 4.69) is 4.98 Å². The highest BCUT2D eigenvalue weighted by Crippen LogP contribution is 2.35. The molecule has 0 aliphatic heterocycles. The van der Waals surface area contributed by atoms with E-state index in [1.54, 1.807) is 13.3 Å². The summed E-state index contributed by atoms with van der Waals surface area (Å²) in [6.45, 7) is 0.393. The van der Waals surface area contributed by atoms with Gasteiger partial charge >= 0.3 is 0 Å². The second kappa shape index (κ2) is 4.69. The number of aromatic nitrogens is 1. The number of pyridine rings is 1. The zero-order valence-electron chi connectivity index (χ0n) is 7.50. The lowest BCUT2D eigenvalue weighted by Gasteiger charge is -2.10. The standard InChI is InChI=1S/C8H11ClN2OS/c1-12-7-5(9)4-11-6(3-10)8(7)13-2/h4H,3,10H2,1-2H3. The van der Waals surface area contributed by atoms with Crippen molar-refractivity contribution in [3.05, 3.63) is 16.9 Å². The van der Waals surface area contributed by atoms with Crippen LogP contribution >= 0.6 is 23.4 Å². The Bertz CT molecular complexity index is 306. The monoisotopic (exact) mass is 218 g/mol. The van der Waals surface area contributed by atoms with E-state index in [9.17, 15) is 0 Å². The molecule has 13 heavy (non-hydrogen) atoms. The molecule has 0 amide bonds. The van der Waals surface area contributed by atoms with E-state index in [0.717, 1.165) is 10.6 Å². The largest absolute Gasteiger partial charge is 0.494 e. The van der Waals surface area contributed by atoms with Crippen LogP contribution in [0, 0.1) is 0 Å². The lowest BCUT2D eigenvalue weighted by molar-refractivity contribution is 0.403. The van der Waals surface area contributed by atoms with Crippen LogP contribution in [0.1, 0.15) is 5.69 Å². The van der Waals surface area contributed by atoms with Crippen LogP contribution in [0.3, 0.4) is 0 Å². The fraction of sp³-hybridized carbons (Fsp3) is 0.375. The Morgan fingerprint density at radius 2 is 2.38 bits per heavy atom. The molecule has 0 saturated carbocycles. The molecule has 0 fully saturated rings. The summed E-state index contributed by atoms with van der Waals surface area (Å²) in [7, 11) is 1.58. The van der Waals surface area contributed by atoms with Crippen LogP contribution in [0.25, 0.3) is 0 Å². The van der Waals surface area contributed by atoms with E-state index in [1.165, 1.54) is 11.8 Å². The van der Waals surface area contributed by atoms with E-state index in [0.29, 0.717) is 17.3 Å². The molecule has 5 heteroatoms. The molecule has 0 aromatic carbocycles. The van der Waals surface area contributed by atoms with Gasteiger partial charge in [-0.25, -0.2) is 0 Å². The average molecular weight is 219 g/mol. The second-order valence-electron chi connectivity index (χ2n) is 2.32. The Morgan fingerprint density at radius 1 is 1.69 bits per heavy atom. The van der Waals surface area contributed by atoms with Gasteiger partial charge in [-0.2, -0.15) is 0 Å². The second-order valence-corrected chi connectivity index (χ2v) is 3.55. The van der Waals surface area contributed by atoms with Crippen molar-refractivity contribution in [2.75, 3.05) is 13.4 Å². The molecule has 0 unspecified atom stereocenters. The van der Waals surface area contributed by atoms with Gasteiger partial charge < -0.3 is 10.5 Å². The van der Waals surface area contributed by atoms with Crippen molar-refractivity contribution in [3.63, 3.8) is 0 Å². The number of rotatable bonds is 3. The molecule has 1 aromatic heterocycles. The maximum absolute atomic E-state index is 5.90. The van der Waals surface area contributed by atoms with Gasteiger partial charge in [0.1, 0.15) is 5.02 Å². The van der Waals surface area contributed by atoms with E-state index >= 15 is 0 Å². The summed E-state index contributed by atoms with van der Waals surface area (Å²) >= 11 is 7.43. The number of hydrogen-bond donors (Lipinski definition) is 1. The van der Waals surface area contributed by atoms with Crippen LogP contribution in [-0.4, -0.2) is 18.3 Å². The van der Waals surface area contributed by atoms with Gasteiger partial charge in [-0.3, -0.25) is 4.98 Å². The van der Waals surface area contributed by atoms with E-state index in [1.807, 2.05) is 6.26 Å². The molecule has 1 rings (SSSR count). The van der Waals surface area contributed by atoms with Gasteiger partial charge in [0.25, 0.3) is 0 Å². The minimum absolute atomic E-state index is 0.393. The molecule has 72 valence electrons. The number of thioether (sulfide) groups is 1. The predicted molar refractivity (Wildman–Crippen MR) is 55.5 cm³/mol. The Balaban J connectivity index is 3.27. The number of hydrogen-bond acceptors (Lipinski definition) is 4. The lowest BCUT2D eigenvalue weighted by Crippen LogP contribution is -2.03. The third-order valence-electron chi connectivity index (χ3n) is 1.62. The van der Waals surface area contributed by atoms with E-state index in [4.69, 9.17) is 22.1 Å². The zero-order valence-corrected chi connectivity index (χ0v) is 9.08. The number of nitrogens with zero attached hydrogens (tertiary/aromatic N) is 1. The lowest BCUT2D eigenvalue weighted by atomic mass is 10.3. The molecular formula is C8H11ClN2OS. The third-order valence-corrected chi connectivity index (χ3v) is 2.72. The van der Waals surface area contributed by atoms with Crippen LogP contribution < -0.4 is 10.5 Å². The molecule has 2 N–H and O–H groups in total. The Labute approximate surface area is 86.6 Å². The predicted octanol–water partition coefficient (Wildman–Crippen LogP) is 1.92. The van der Waals surface area contributed by atoms with Gasteiger partial charge in [0.15, 0.2) is 5.75 Å². The van der Waals surface area contributed by atoms with E-state index < -0.39 is 0 Å². The SMILES string of the molecule is COc1c(Cl)cnc(CN)c1SC. The summed E-state index contributed by atoms with van der Waals surface area (Å²) in [6, 6.07) is 0. The number of methoxy groups -OCH3 is 1. The van der Waals surface area contributed by atoms with Crippen LogP contribution in [-0.2, 0) is 6.54 Å². The highest BCUT2D eigenvalue weighted by atomic mass is 35.5. The first kappa shape index (κ1) is 10.6. The molecule has 0 spiro atoms. The minimum atomic E-state index is 0.393. The van der Waals surface area contributed by atoms with Gasteiger partial charge in [0.05, 0.1) is 17.7 Å². The van der Waals surface area contributed by atoms with Gasteiger partial charge in [-0.05, 0) is 6.26 Å². The molecule has 1 heterocycles. The fourth-order valence-corrected chi connectivity index (χ4v) is 2.06. The number of halogens is 1. The summed E-state index contributed by atoms with van der Waals surface area (Å²) in [4.78, 5) is 5.03. The zero-order chi connectivity index (χ0) is 9.84. The number of nitrogens with two attached hydrogens (primary N) is 1. The van der Waals surface area contributed by atoms with Crippen molar-refractivity contribution in [2.45, 2.75) is 11.4 Å². The van der Waals surface area contributed by atoms with Crippen LogP contribution in [0.4, 0.5) is 0 Å². The number of ether oxygens (including phenoxy) is 1. The maximum atomic E-state index is 5.90. The third kappa shape index (κ3) is 2.07. The molecule has 3 nitrogen and oxygen atoms in total. The van der Waals surface area contributed by atoms with Crippen LogP contribution in [0.5, 0.6) is 5.75 Å². The van der Waals surface area contributed by atoms with Crippen molar-refractivity contribution in [1.29, 1.82) is 0 Å².